The number of carbonyl (C=O) groups is 4. The van der Waals surface area contributed by atoms with Gasteiger partial charge in [-0.1, -0.05) is 71.7 Å². The first-order valence-corrected chi connectivity index (χ1v) is 14.3. The monoisotopic (exact) mass is 593 g/mol. The zero-order valence-electron chi connectivity index (χ0n) is 23.3. The van der Waals surface area contributed by atoms with Gasteiger partial charge < -0.3 is 10.2 Å². The summed E-state index contributed by atoms with van der Waals surface area (Å²) < 4.78 is 0. The molecule has 1 heterocycles. The van der Waals surface area contributed by atoms with E-state index in [1.807, 2.05) is 51.1 Å². The van der Waals surface area contributed by atoms with Crippen LogP contribution in [0.2, 0.25) is 10.0 Å². The molecule has 0 aromatic heterocycles. The van der Waals surface area contributed by atoms with Crippen LogP contribution in [0.15, 0.2) is 72.8 Å². The quantitative estimate of drug-likeness (QED) is 0.295. The Labute approximate surface area is 250 Å². The van der Waals surface area contributed by atoms with E-state index in [1.165, 1.54) is 9.80 Å². The molecule has 1 aliphatic rings. The van der Waals surface area contributed by atoms with Gasteiger partial charge in [0.2, 0.25) is 11.8 Å². The highest BCUT2D eigenvalue weighted by Gasteiger charge is 2.36. The highest BCUT2D eigenvalue weighted by Crippen LogP contribution is 2.28. The van der Waals surface area contributed by atoms with Crippen molar-refractivity contribution in [2.24, 2.45) is 0 Å². The fraction of sp³-hybridized carbons (Fsp3) is 0.312. The summed E-state index contributed by atoms with van der Waals surface area (Å²) in [5.74, 6) is -1.37. The van der Waals surface area contributed by atoms with Crippen LogP contribution in [-0.2, 0) is 22.6 Å². The molecule has 3 aromatic rings. The minimum atomic E-state index is -0.865. The molecule has 214 valence electrons. The van der Waals surface area contributed by atoms with Gasteiger partial charge in [-0.15, -0.1) is 0 Å². The average Bonchev–Trinajstić information content (AvgIpc) is 3.16. The normalized spacial score (nSPS) is 13.6. The lowest BCUT2D eigenvalue weighted by molar-refractivity contribution is -0.142. The fourth-order valence-electron chi connectivity index (χ4n) is 4.83. The molecule has 1 aliphatic heterocycles. The molecule has 7 nitrogen and oxygen atoms in total. The third kappa shape index (κ3) is 7.34. The number of benzene rings is 3. The number of rotatable bonds is 10. The number of hydrogen-bond donors (Lipinski definition) is 1. The lowest BCUT2D eigenvalue weighted by atomic mass is 10.00. The molecule has 0 unspecified atom stereocenters. The van der Waals surface area contributed by atoms with Crippen LogP contribution in [0.25, 0.3) is 0 Å². The fourth-order valence-corrected chi connectivity index (χ4v) is 5.35. The molecule has 0 aliphatic carbocycles. The molecule has 41 heavy (non-hydrogen) atoms. The molecular formula is C32H33Cl2N3O4. The maximum Gasteiger partial charge on any atom is 0.261 e. The molecule has 0 saturated carbocycles. The zero-order valence-corrected chi connectivity index (χ0v) is 24.8. The number of carbonyl (C=O) groups excluding carboxylic acids is 4. The number of fused-ring (bicyclic) bond motifs is 1. The van der Waals surface area contributed by atoms with Crippen molar-refractivity contribution in [3.05, 3.63) is 105 Å². The van der Waals surface area contributed by atoms with Gasteiger partial charge >= 0.3 is 0 Å². The van der Waals surface area contributed by atoms with Crippen LogP contribution in [0.4, 0.5) is 0 Å². The summed E-state index contributed by atoms with van der Waals surface area (Å²) >= 11 is 13.0. The van der Waals surface area contributed by atoms with Gasteiger partial charge in [0.25, 0.3) is 11.8 Å². The van der Waals surface area contributed by atoms with Gasteiger partial charge in [-0.05, 0) is 57.0 Å². The largest absolute Gasteiger partial charge is 0.350 e. The minimum Gasteiger partial charge on any atom is -0.350 e. The average molecular weight is 595 g/mol. The SMILES string of the molecule is CC(C)(C)NC(=O)[C@@H](Cc1ccccc1)N(Cc1c(Cl)cccc1Cl)C(=O)CCCN1C(=O)c2ccccc2C1=O. The Bertz CT molecular complexity index is 1400. The Morgan fingerprint density at radius 3 is 1.98 bits per heavy atom. The summed E-state index contributed by atoms with van der Waals surface area (Å²) in [5.41, 5.74) is 1.61. The van der Waals surface area contributed by atoms with Crippen molar-refractivity contribution in [3.8, 4) is 0 Å². The van der Waals surface area contributed by atoms with Crippen molar-refractivity contribution in [2.75, 3.05) is 6.54 Å². The number of nitrogens with zero attached hydrogens (tertiary/aromatic N) is 2. The minimum absolute atomic E-state index is 0.00354. The molecule has 1 N–H and O–H groups in total. The summed E-state index contributed by atoms with van der Waals surface area (Å²) in [6.45, 7) is 5.73. The Kier molecular flexibility index (Phi) is 9.51. The van der Waals surface area contributed by atoms with Crippen LogP contribution in [-0.4, -0.2) is 51.6 Å². The van der Waals surface area contributed by atoms with Crippen molar-refractivity contribution >= 4 is 46.8 Å². The number of hydrogen-bond acceptors (Lipinski definition) is 4. The standard InChI is InChI=1S/C32H33Cl2N3O4/c1-32(2,3)35-29(39)27(19-21-11-5-4-6-12-21)37(20-24-25(33)15-9-16-26(24)34)28(38)17-10-18-36-30(40)22-13-7-8-14-23(22)31(36)41/h4-9,11-16,27H,10,17-20H2,1-3H3,(H,35,39)/t27-/m1/s1. The summed E-state index contributed by atoms with van der Waals surface area (Å²) in [5, 5.41) is 3.79. The zero-order chi connectivity index (χ0) is 29.7. The lowest BCUT2D eigenvalue weighted by Gasteiger charge is -2.34. The molecule has 0 spiro atoms. The van der Waals surface area contributed by atoms with Gasteiger partial charge in [0.05, 0.1) is 11.1 Å². The van der Waals surface area contributed by atoms with Crippen LogP contribution in [0.3, 0.4) is 0 Å². The summed E-state index contributed by atoms with van der Waals surface area (Å²) in [4.78, 5) is 55.9. The van der Waals surface area contributed by atoms with E-state index in [0.29, 0.717) is 26.7 Å². The van der Waals surface area contributed by atoms with Gasteiger partial charge in [0.15, 0.2) is 0 Å². The van der Waals surface area contributed by atoms with Gasteiger partial charge in [0, 0.05) is 47.1 Å². The first-order chi connectivity index (χ1) is 19.5. The highest BCUT2D eigenvalue weighted by atomic mass is 35.5. The maximum absolute atomic E-state index is 13.9. The van der Waals surface area contributed by atoms with E-state index in [4.69, 9.17) is 23.2 Å². The van der Waals surface area contributed by atoms with Crippen molar-refractivity contribution in [3.63, 3.8) is 0 Å². The Morgan fingerprint density at radius 2 is 1.41 bits per heavy atom. The second-order valence-corrected chi connectivity index (χ2v) is 11.9. The third-order valence-corrected chi connectivity index (χ3v) is 7.52. The lowest BCUT2D eigenvalue weighted by Crippen LogP contribution is -2.54. The Balaban J connectivity index is 1.60. The van der Waals surface area contributed by atoms with Crippen molar-refractivity contribution in [1.82, 2.24) is 15.1 Å². The van der Waals surface area contributed by atoms with Crippen LogP contribution in [0, 0.1) is 0 Å². The predicted molar refractivity (Wildman–Crippen MR) is 160 cm³/mol. The van der Waals surface area contributed by atoms with Crippen LogP contribution >= 0.6 is 23.2 Å². The molecule has 0 radical (unpaired) electrons. The maximum atomic E-state index is 13.9. The van der Waals surface area contributed by atoms with Crippen LogP contribution < -0.4 is 5.32 Å². The number of imide groups is 1. The predicted octanol–water partition coefficient (Wildman–Crippen LogP) is 5.92. The second-order valence-electron chi connectivity index (χ2n) is 11.1. The molecule has 4 rings (SSSR count). The number of amides is 4. The molecule has 4 amide bonds. The smallest absolute Gasteiger partial charge is 0.261 e. The van der Waals surface area contributed by atoms with E-state index in [0.717, 1.165) is 5.56 Å². The van der Waals surface area contributed by atoms with Crippen molar-refractivity contribution in [1.29, 1.82) is 0 Å². The topological polar surface area (TPSA) is 86.8 Å². The van der Waals surface area contributed by atoms with Gasteiger partial charge in [-0.25, -0.2) is 0 Å². The van der Waals surface area contributed by atoms with Crippen molar-refractivity contribution in [2.45, 2.75) is 58.2 Å². The van der Waals surface area contributed by atoms with E-state index in [9.17, 15) is 19.2 Å². The Morgan fingerprint density at radius 1 is 0.854 bits per heavy atom. The van der Waals surface area contributed by atoms with E-state index in [-0.39, 0.29) is 56.0 Å². The summed E-state index contributed by atoms with van der Waals surface area (Å²) in [6.07, 6.45) is 0.508. The Hall–Kier alpha value is -3.68. The summed E-state index contributed by atoms with van der Waals surface area (Å²) in [6, 6.07) is 20.4. The van der Waals surface area contributed by atoms with E-state index in [2.05, 4.69) is 5.32 Å². The first kappa shape index (κ1) is 30.3. The van der Waals surface area contributed by atoms with Gasteiger partial charge in [-0.2, -0.15) is 0 Å². The van der Waals surface area contributed by atoms with E-state index in [1.54, 1.807) is 42.5 Å². The molecule has 0 fully saturated rings. The first-order valence-electron chi connectivity index (χ1n) is 13.5. The molecule has 0 saturated heterocycles. The van der Waals surface area contributed by atoms with E-state index >= 15 is 0 Å². The number of halogens is 2. The highest BCUT2D eigenvalue weighted by molar-refractivity contribution is 6.36. The third-order valence-electron chi connectivity index (χ3n) is 6.81. The number of nitrogens with one attached hydrogen (secondary N) is 1. The molecule has 1 atom stereocenters. The molecule has 0 bridgehead atoms. The molecule has 9 heteroatoms. The van der Waals surface area contributed by atoms with Crippen LogP contribution in [0.1, 0.15) is 65.5 Å². The summed E-state index contributed by atoms with van der Waals surface area (Å²) in [7, 11) is 0. The second kappa shape index (κ2) is 12.9. The molecular weight excluding hydrogens is 561 g/mol. The van der Waals surface area contributed by atoms with Crippen LogP contribution in [0.5, 0.6) is 0 Å². The van der Waals surface area contributed by atoms with E-state index < -0.39 is 11.6 Å². The van der Waals surface area contributed by atoms with Crippen molar-refractivity contribution < 1.29 is 19.2 Å². The van der Waals surface area contributed by atoms with Gasteiger partial charge in [0.1, 0.15) is 6.04 Å². The van der Waals surface area contributed by atoms with Gasteiger partial charge in [-0.3, -0.25) is 24.1 Å². The molecule has 3 aromatic carbocycles.